The molecular weight excluding hydrogens is 400 g/mol. The summed E-state index contributed by atoms with van der Waals surface area (Å²) in [5.41, 5.74) is 1.94. The highest BCUT2D eigenvalue weighted by Gasteiger charge is 2.22. The second-order valence-corrected chi connectivity index (χ2v) is 8.77. The van der Waals surface area contributed by atoms with Crippen LogP contribution < -0.4 is 5.32 Å². The van der Waals surface area contributed by atoms with Crippen molar-refractivity contribution in [3.63, 3.8) is 0 Å². The van der Waals surface area contributed by atoms with E-state index in [0.29, 0.717) is 11.4 Å². The SMILES string of the molecule is Cc1nn(-c2ccccc2)c(Cl)c1C(=O)Nc1ccc(S(=O)(=O)N(C)C)cc1. The van der Waals surface area contributed by atoms with Crippen molar-refractivity contribution < 1.29 is 13.2 Å². The van der Waals surface area contributed by atoms with Crippen molar-refractivity contribution in [2.45, 2.75) is 11.8 Å². The molecule has 0 aliphatic carbocycles. The molecule has 0 atom stereocenters. The van der Waals surface area contributed by atoms with Crippen molar-refractivity contribution in [1.82, 2.24) is 14.1 Å². The number of nitrogens with zero attached hydrogens (tertiary/aromatic N) is 3. The average molecular weight is 419 g/mol. The molecule has 0 fully saturated rings. The second-order valence-electron chi connectivity index (χ2n) is 6.26. The van der Waals surface area contributed by atoms with Crippen LogP contribution in [0.4, 0.5) is 5.69 Å². The number of carbonyl (C=O) groups excluding carboxylic acids is 1. The van der Waals surface area contributed by atoms with E-state index in [0.717, 1.165) is 9.99 Å². The van der Waals surface area contributed by atoms with Gasteiger partial charge in [-0.05, 0) is 43.3 Å². The fourth-order valence-corrected chi connectivity index (χ4v) is 3.87. The molecule has 0 saturated carbocycles. The van der Waals surface area contributed by atoms with Gasteiger partial charge in [0.25, 0.3) is 5.91 Å². The van der Waals surface area contributed by atoms with Gasteiger partial charge >= 0.3 is 0 Å². The molecule has 1 N–H and O–H groups in total. The Bertz CT molecular complexity index is 1110. The van der Waals surface area contributed by atoms with E-state index in [1.807, 2.05) is 30.3 Å². The van der Waals surface area contributed by atoms with Crippen molar-refractivity contribution in [3.8, 4) is 5.69 Å². The molecule has 0 saturated heterocycles. The van der Waals surface area contributed by atoms with Gasteiger partial charge in [-0.2, -0.15) is 5.10 Å². The van der Waals surface area contributed by atoms with Gasteiger partial charge in [-0.25, -0.2) is 17.4 Å². The summed E-state index contributed by atoms with van der Waals surface area (Å²) in [5.74, 6) is -0.423. The zero-order valence-electron chi connectivity index (χ0n) is 15.5. The third-order valence-corrected chi connectivity index (χ3v) is 6.30. The lowest BCUT2D eigenvalue weighted by Gasteiger charge is -2.12. The summed E-state index contributed by atoms with van der Waals surface area (Å²) in [6.45, 7) is 1.70. The lowest BCUT2D eigenvalue weighted by atomic mass is 10.2. The number of sulfonamides is 1. The topological polar surface area (TPSA) is 84.3 Å². The van der Waals surface area contributed by atoms with Crippen molar-refractivity contribution in [3.05, 3.63) is 71.0 Å². The van der Waals surface area contributed by atoms with Gasteiger partial charge < -0.3 is 5.32 Å². The molecule has 9 heteroatoms. The number of carbonyl (C=O) groups is 1. The zero-order chi connectivity index (χ0) is 20.5. The van der Waals surface area contributed by atoms with Crippen LogP contribution in [0.2, 0.25) is 5.15 Å². The van der Waals surface area contributed by atoms with E-state index in [1.165, 1.54) is 43.0 Å². The lowest BCUT2D eigenvalue weighted by Crippen LogP contribution is -2.22. The van der Waals surface area contributed by atoms with Gasteiger partial charge in [0, 0.05) is 19.8 Å². The molecule has 0 bridgehead atoms. The molecule has 0 unspecified atom stereocenters. The molecule has 0 spiro atoms. The zero-order valence-corrected chi connectivity index (χ0v) is 17.1. The summed E-state index contributed by atoms with van der Waals surface area (Å²) in [5, 5.41) is 7.28. The summed E-state index contributed by atoms with van der Waals surface area (Å²) < 4.78 is 26.9. The standard InChI is InChI=1S/C19H19ClN4O3S/c1-13-17(18(20)24(22-13)15-7-5-4-6-8-15)19(25)21-14-9-11-16(12-10-14)28(26,27)23(2)3/h4-12H,1-3H3,(H,21,25). The third kappa shape index (κ3) is 3.80. The number of anilines is 1. The Kier molecular flexibility index (Phi) is 5.55. The molecule has 2 aromatic carbocycles. The fraction of sp³-hybridized carbons (Fsp3) is 0.158. The molecule has 0 aliphatic rings. The second kappa shape index (κ2) is 7.75. The first-order chi connectivity index (χ1) is 13.2. The maximum atomic E-state index is 12.7. The fourth-order valence-electron chi connectivity index (χ4n) is 2.61. The molecule has 7 nitrogen and oxygen atoms in total. The van der Waals surface area contributed by atoms with E-state index in [9.17, 15) is 13.2 Å². The van der Waals surface area contributed by atoms with Crippen molar-refractivity contribution in [2.75, 3.05) is 19.4 Å². The average Bonchev–Trinajstić information content (AvgIpc) is 2.97. The number of amides is 1. The lowest BCUT2D eigenvalue weighted by molar-refractivity contribution is 0.102. The largest absolute Gasteiger partial charge is 0.322 e. The van der Waals surface area contributed by atoms with Crippen molar-refractivity contribution in [1.29, 1.82) is 0 Å². The number of rotatable bonds is 5. The van der Waals surface area contributed by atoms with E-state index in [4.69, 9.17) is 11.6 Å². The first-order valence-electron chi connectivity index (χ1n) is 8.36. The van der Waals surface area contributed by atoms with Crippen LogP contribution >= 0.6 is 11.6 Å². The van der Waals surface area contributed by atoms with Gasteiger partial charge in [0.2, 0.25) is 10.0 Å². The quantitative estimate of drug-likeness (QED) is 0.688. The first kappa shape index (κ1) is 20.1. The van der Waals surface area contributed by atoms with Crippen LogP contribution in [0.1, 0.15) is 16.1 Å². The molecule has 1 heterocycles. The van der Waals surface area contributed by atoms with Crippen LogP contribution in [0.25, 0.3) is 5.69 Å². The highest BCUT2D eigenvalue weighted by Crippen LogP contribution is 2.25. The number of aromatic nitrogens is 2. The Morgan fingerprint density at radius 2 is 1.68 bits per heavy atom. The summed E-state index contributed by atoms with van der Waals surface area (Å²) in [6.07, 6.45) is 0. The van der Waals surface area contributed by atoms with Gasteiger partial charge in [0.15, 0.2) is 0 Å². The highest BCUT2D eigenvalue weighted by molar-refractivity contribution is 7.89. The molecule has 3 aromatic rings. The number of hydrogen-bond donors (Lipinski definition) is 1. The van der Waals surface area contributed by atoms with Gasteiger partial charge in [-0.1, -0.05) is 29.8 Å². The van der Waals surface area contributed by atoms with Gasteiger partial charge in [0.05, 0.1) is 16.3 Å². The normalized spacial score (nSPS) is 11.6. The Hall–Kier alpha value is -2.68. The predicted octanol–water partition coefficient (Wildman–Crippen LogP) is 3.34. The minimum Gasteiger partial charge on any atom is -0.322 e. The molecule has 1 aromatic heterocycles. The molecule has 3 rings (SSSR count). The summed E-state index contributed by atoms with van der Waals surface area (Å²) in [4.78, 5) is 12.9. The number of benzene rings is 2. The number of hydrogen-bond acceptors (Lipinski definition) is 4. The summed E-state index contributed by atoms with van der Waals surface area (Å²) in [6, 6.07) is 15.2. The van der Waals surface area contributed by atoms with Crippen LogP contribution in [0.5, 0.6) is 0 Å². The molecule has 28 heavy (non-hydrogen) atoms. The van der Waals surface area contributed by atoms with Crippen LogP contribution in [0, 0.1) is 6.92 Å². The minimum atomic E-state index is -3.53. The Balaban J connectivity index is 1.85. The van der Waals surface area contributed by atoms with Gasteiger partial charge in [-0.3, -0.25) is 4.79 Å². The van der Waals surface area contributed by atoms with E-state index in [1.54, 1.807) is 6.92 Å². The van der Waals surface area contributed by atoms with Gasteiger partial charge in [-0.15, -0.1) is 0 Å². The van der Waals surface area contributed by atoms with Crippen molar-refractivity contribution >= 4 is 33.2 Å². The summed E-state index contributed by atoms with van der Waals surface area (Å²) in [7, 11) is -0.612. The van der Waals surface area contributed by atoms with E-state index in [-0.39, 0.29) is 15.6 Å². The van der Waals surface area contributed by atoms with E-state index in [2.05, 4.69) is 10.4 Å². The minimum absolute atomic E-state index is 0.140. The third-order valence-electron chi connectivity index (χ3n) is 4.12. The van der Waals surface area contributed by atoms with Gasteiger partial charge in [0.1, 0.15) is 10.7 Å². The Labute approximate surface area is 168 Å². The van der Waals surface area contributed by atoms with Crippen LogP contribution in [-0.4, -0.2) is 42.5 Å². The van der Waals surface area contributed by atoms with Crippen LogP contribution in [-0.2, 0) is 10.0 Å². The predicted molar refractivity (Wildman–Crippen MR) is 109 cm³/mol. The molecule has 0 aliphatic heterocycles. The number of halogens is 1. The van der Waals surface area contributed by atoms with E-state index >= 15 is 0 Å². The van der Waals surface area contributed by atoms with E-state index < -0.39 is 15.9 Å². The molecule has 1 amide bonds. The van der Waals surface area contributed by atoms with Crippen LogP contribution in [0.15, 0.2) is 59.5 Å². The number of nitrogens with one attached hydrogen (secondary N) is 1. The Morgan fingerprint density at radius 3 is 2.25 bits per heavy atom. The first-order valence-corrected chi connectivity index (χ1v) is 10.2. The maximum Gasteiger partial charge on any atom is 0.260 e. The molecule has 146 valence electrons. The van der Waals surface area contributed by atoms with Crippen molar-refractivity contribution in [2.24, 2.45) is 0 Å². The summed E-state index contributed by atoms with van der Waals surface area (Å²) >= 11 is 6.40. The monoisotopic (exact) mass is 418 g/mol. The van der Waals surface area contributed by atoms with Crippen LogP contribution in [0.3, 0.4) is 0 Å². The highest BCUT2D eigenvalue weighted by atomic mass is 35.5. The number of aryl methyl sites for hydroxylation is 1. The maximum absolute atomic E-state index is 12.7. The smallest absolute Gasteiger partial charge is 0.260 e. The number of para-hydroxylation sites is 1. The molecular formula is C19H19ClN4O3S. The molecule has 0 radical (unpaired) electrons. The Morgan fingerprint density at radius 1 is 1.07 bits per heavy atom.